The highest BCUT2D eigenvalue weighted by Crippen LogP contribution is 2.19. The molecule has 110 valence electrons. The average Bonchev–Trinajstić information content (AvgIpc) is 2.36. The molecule has 0 aromatic heterocycles. The van der Waals surface area contributed by atoms with Gasteiger partial charge in [0.2, 0.25) is 5.91 Å². The molecule has 1 fully saturated rings. The highest BCUT2D eigenvalue weighted by molar-refractivity contribution is 5.83. The number of nitrogens with two attached hydrogens (primary N) is 1. The first-order valence-corrected chi connectivity index (χ1v) is 6.84. The molecule has 1 aliphatic heterocycles. The Morgan fingerprint density at radius 3 is 2.05 bits per heavy atom. The van der Waals surface area contributed by atoms with Crippen molar-refractivity contribution in [3.8, 4) is 0 Å². The molecule has 1 rings (SSSR count). The second-order valence-corrected chi connectivity index (χ2v) is 5.99. The van der Waals surface area contributed by atoms with E-state index in [1.54, 1.807) is 9.80 Å². The van der Waals surface area contributed by atoms with E-state index in [0.717, 1.165) is 0 Å². The van der Waals surface area contributed by atoms with Gasteiger partial charge >= 0.3 is 6.03 Å². The second kappa shape index (κ2) is 6.23. The van der Waals surface area contributed by atoms with Gasteiger partial charge in [-0.1, -0.05) is 20.8 Å². The largest absolute Gasteiger partial charge is 0.338 e. The molecule has 19 heavy (non-hydrogen) atoms. The highest BCUT2D eigenvalue weighted by atomic mass is 16.2. The zero-order valence-corrected chi connectivity index (χ0v) is 12.4. The normalized spacial score (nSPS) is 18.2. The number of hydrogen-bond donors (Lipinski definition) is 2. The van der Waals surface area contributed by atoms with Crippen molar-refractivity contribution in [3.05, 3.63) is 0 Å². The van der Waals surface area contributed by atoms with Crippen LogP contribution in [0, 0.1) is 5.41 Å². The summed E-state index contributed by atoms with van der Waals surface area (Å²) in [4.78, 5) is 27.4. The standard InChI is InChI=1S/C13H26N4O2/c1-5-15-12(19)17-8-6-16(7-9-17)11(18)10(14)13(2,3)4/h10H,5-9,14H2,1-4H3,(H,15,19)/t10-/m0/s1. The molecule has 1 saturated heterocycles. The van der Waals surface area contributed by atoms with E-state index in [-0.39, 0.29) is 17.4 Å². The molecule has 6 heteroatoms. The Morgan fingerprint density at radius 1 is 1.16 bits per heavy atom. The van der Waals surface area contributed by atoms with E-state index in [1.807, 2.05) is 27.7 Å². The first-order chi connectivity index (χ1) is 8.77. The Morgan fingerprint density at radius 2 is 1.63 bits per heavy atom. The quantitative estimate of drug-likeness (QED) is 0.754. The van der Waals surface area contributed by atoms with Gasteiger partial charge in [0.15, 0.2) is 0 Å². The van der Waals surface area contributed by atoms with Crippen LogP contribution < -0.4 is 11.1 Å². The molecule has 0 saturated carbocycles. The minimum Gasteiger partial charge on any atom is -0.338 e. The molecule has 0 aromatic carbocycles. The minimum absolute atomic E-state index is 0.0250. The van der Waals surface area contributed by atoms with Gasteiger partial charge in [-0.2, -0.15) is 0 Å². The molecule has 1 heterocycles. The average molecular weight is 270 g/mol. The van der Waals surface area contributed by atoms with E-state index in [0.29, 0.717) is 32.7 Å². The second-order valence-electron chi connectivity index (χ2n) is 5.99. The van der Waals surface area contributed by atoms with E-state index in [1.165, 1.54) is 0 Å². The van der Waals surface area contributed by atoms with Crippen molar-refractivity contribution >= 4 is 11.9 Å². The van der Waals surface area contributed by atoms with Gasteiger partial charge in [-0.05, 0) is 12.3 Å². The summed E-state index contributed by atoms with van der Waals surface area (Å²) in [7, 11) is 0. The van der Waals surface area contributed by atoms with E-state index in [2.05, 4.69) is 5.32 Å². The van der Waals surface area contributed by atoms with Crippen LogP contribution in [-0.2, 0) is 4.79 Å². The van der Waals surface area contributed by atoms with Gasteiger partial charge < -0.3 is 20.9 Å². The maximum absolute atomic E-state index is 12.2. The van der Waals surface area contributed by atoms with Crippen LogP contribution in [0.5, 0.6) is 0 Å². The summed E-state index contributed by atoms with van der Waals surface area (Å²) in [5.74, 6) is -0.0250. The van der Waals surface area contributed by atoms with Crippen LogP contribution in [0.1, 0.15) is 27.7 Å². The number of carbonyl (C=O) groups is 2. The Kier molecular flexibility index (Phi) is 5.17. The third kappa shape index (κ3) is 4.09. The van der Waals surface area contributed by atoms with Crippen LogP contribution in [0.2, 0.25) is 0 Å². The zero-order chi connectivity index (χ0) is 14.6. The molecule has 0 bridgehead atoms. The van der Waals surface area contributed by atoms with Gasteiger partial charge in [0.25, 0.3) is 0 Å². The Hall–Kier alpha value is -1.30. The lowest BCUT2D eigenvalue weighted by molar-refractivity contribution is -0.136. The van der Waals surface area contributed by atoms with Gasteiger partial charge in [-0.3, -0.25) is 4.79 Å². The molecule has 0 aliphatic carbocycles. The monoisotopic (exact) mass is 270 g/mol. The molecule has 0 spiro atoms. The van der Waals surface area contributed by atoms with Crippen molar-refractivity contribution in [2.45, 2.75) is 33.7 Å². The number of hydrogen-bond acceptors (Lipinski definition) is 3. The lowest BCUT2D eigenvalue weighted by Gasteiger charge is -2.38. The smallest absolute Gasteiger partial charge is 0.317 e. The zero-order valence-electron chi connectivity index (χ0n) is 12.4. The highest BCUT2D eigenvalue weighted by Gasteiger charge is 2.33. The summed E-state index contributed by atoms with van der Waals surface area (Å²) >= 11 is 0. The van der Waals surface area contributed by atoms with E-state index in [9.17, 15) is 9.59 Å². The first-order valence-electron chi connectivity index (χ1n) is 6.84. The molecule has 1 aliphatic rings. The molecule has 3 N–H and O–H groups in total. The van der Waals surface area contributed by atoms with Gasteiger partial charge in [0.1, 0.15) is 0 Å². The van der Waals surface area contributed by atoms with Crippen LogP contribution in [0.4, 0.5) is 4.79 Å². The Balaban J connectivity index is 2.50. The van der Waals surface area contributed by atoms with E-state index in [4.69, 9.17) is 5.73 Å². The van der Waals surface area contributed by atoms with E-state index < -0.39 is 6.04 Å². The molecule has 0 unspecified atom stereocenters. The minimum atomic E-state index is -0.497. The number of rotatable bonds is 2. The van der Waals surface area contributed by atoms with Crippen LogP contribution >= 0.6 is 0 Å². The number of nitrogens with zero attached hydrogens (tertiary/aromatic N) is 2. The van der Waals surface area contributed by atoms with Crippen LogP contribution in [0.3, 0.4) is 0 Å². The molecule has 0 aromatic rings. The topological polar surface area (TPSA) is 78.7 Å². The third-order valence-electron chi connectivity index (χ3n) is 3.41. The molecular weight excluding hydrogens is 244 g/mol. The predicted molar refractivity (Wildman–Crippen MR) is 74.7 cm³/mol. The summed E-state index contributed by atoms with van der Waals surface area (Å²) in [6.45, 7) is 10.6. The van der Waals surface area contributed by atoms with Crippen molar-refractivity contribution in [1.29, 1.82) is 0 Å². The summed E-state index contributed by atoms with van der Waals surface area (Å²) < 4.78 is 0. The number of amides is 3. The summed E-state index contributed by atoms with van der Waals surface area (Å²) in [6.07, 6.45) is 0. The fourth-order valence-corrected chi connectivity index (χ4v) is 1.96. The van der Waals surface area contributed by atoms with Gasteiger partial charge in [0, 0.05) is 32.7 Å². The molecule has 0 radical (unpaired) electrons. The Labute approximate surface area is 115 Å². The maximum Gasteiger partial charge on any atom is 0.317 e. The van der Waals surface area contributed by atoms with Crippen LogP contribution in [0.15, 0.2) is 0 Å². The van der Waals surface area contributed by atoms with Crippen molar-refractivity contribution in [2.24, 2.45) is 11.1 Å². The first kappa shape index (κ1) is 15.8. The van der Waals surface area contributed by atoms with E-state index >= 15 is 0 Å². The lowest BCUT2D eigenvalue weighted by Crippen LogP contribution is -2.58. The lowest BCUT2D eigenvalue weighted by atomic mass is 9.86. The number of carbonyl (C=O) groups excluding carboxylic acids is 2. The van der Waals surface area contributed by atoms with Crippen molar-refractivity contribution in [2.75, 3.05) is 32.7 Å². The van der Waals surface area contributed by atoms with Gasteiger partial charge in [0.05, 0.1) is 6.04 Å². The van der Waals surface area contributed by atoms with Crippen molar-refractivity contribution < 1.29 is 9.59 Å². The SMILES string of the molecule is CCNC(=O)N1CCN(C(=O)[C@H](N)C(C)(C)C)CC1. The number of urea groups is 1. The predicted octanol–water partition coefficient (Wildman–Crippen LogP) is 0.234. The van der Waals surface area contributed by atoms with Crippen LogP contribution in [-0.4, -0.2) is 60.5 Å². The fraction of sp³-hybridized carbons (Fsp3) is 0.846. The number of piperazine rings is 1. The van der Waals surface area contributed by atoms with Gasteiger partial charge in [-0.15, -0.1) is 0 Å². The third-order valence-corrected chi connectivity index (χ3v) is 3.41. The molecule has 6 nitrogen and oxygen atoms in total. The van der Waals surface area contributed by atoms with Crippen molar-refractivity contribution in [3.63, 3.8) is 0 Å². The number of nitrogens with one attached hydrogen (secondary N) is 1. The van der Waals surface area contributed by atoms with Gasteiger partial charge in [-0.25, -0.2) is 4.79 Å². The fourth-order valence-electron chi connectivity index (χ4n) is 1.96. The maximum atomic E-state index is 12.2. The molecule has 1 atom stereocenters. The summed E-state index contributed by atoms with van der Waals surface area (Å²) in [5.41, 5.74) is 5.74. The molecular formula is C13H26N4O2. The summed E-state index contributed by atoms with van der Waals surface area (Å²) in [5, 5.41) is 2.77. The Bertz CT molecular complexity index is 330. The summed E-state index contributed by atoms with van der Waals surface area (Å²) in [6, 6.07) is -0.557. The molecule has 3 amide bonds. The van der Waals surface area contributed by atoms with Crippen molar-refractivity contribution in [1.82, 2.24) is 15.1 Å². The van der Waals surface area contributed by atoms with Crippen LogP contribution in [0.25, 0.3) is 0 Å².